The van der Waals surface area contributed by atoms with Crippen molar-refractivity contribution in [3.8, 4) is 22.3 Å². The lowest BCUT2D eigenvalue weighted by molar-refractivity contribution is 0.668. The number of aromatic nitrogens is 2. The van der Waals surface area contributed by atoms with Crippen molar-refractivity contribution < 1.29 is 8.83 Å². The molecule has 0 saturated carbocycles. The van der Waals surface area contributed by atoms with Gasteiger partial charge in [0, 0.05) is 104 Å². The summed E-state index contributed by atoms with van der Waals surface area (Å²) in [7, 11) is 0. The Bertz CT molecular complexity index is 5860. The first kappa shape index (κ1) is 45.4. The lowest BCUT2D eigenvalue weighted by Gasteiger charge is -2.25. The van der Waals surface area contributed by atoms with Crippen molar-refractivity contribution in [3.05, 3.63) is 279 Å². The van der Waals surface area contributed by atoms with Crippen LogP contribution in [0.25, 0.3) is 142 Å². The monoisotopic (exact) mass is 1070 g/mol. The van der Waals surface area contributed by atoms with E-state index in [4.69, 9.17) is 8.83 Å². The fourth-order valence-electron chi connectivity index (χ4n) is 14.5. The van der Waals surface area contributed by atoms with Crippen LogP contribution in [0, 0.1) is 0 Å². The molecule has 0 aliphatic carbocycles. The van der Waals surface area contributed by atoms with Gasteiger partial charge in [0.2, 0.25) is 0 Å². The highest BCUT2D eigenvalue weighted by molar-refractivity contribution is 6.38. The van der Waals surface area contributed by atoms with Gasteiger partial charge in [-0.15, -0.1) is 0 Å². The maximum Gasteiger partial charge on any atom is 0.159 e. The van der Waals surface area contributed by atoms with Crippen molar-refractivity contribution in [1.82, 2.24) is 8.80 Å². The molecule has 0 fully saturated rings. The topological polar surface area (TPSA) is 41.6 Å². The van der Waals surface area contributed by atoms with Gasteiger partial charge in [-0.25, -0.2) is 0 Å². The molecule has 6 aromatic heterocycles. The minimum Gasteiger partial charge on any atom is -0.456 e. The summed E-state index contributed by atoms with van der Waals surface area (Å²) in [6, 6.07) is 102. The van der Waals surface area contributed by atoms with Crippen molar-refractivity contribution >= 4 is 154 Å². The van der Waals surface area contributed by atoms with E-state index < -0.39 is 0 Å². The minimum atomic E-state index is 0.851. The molecule has 0 N–H and O–H groups in total. The van der Waals surface area contributed by atoms with Gasteiger partial charge in [0.05, 0.1) is 38.8 Å². The van der Waals surface area contributed by atoms with E-state index in [9.17, 15) is 0 Å². The Morgan fingerprint density at radius 3 is 1.25 bits per heavy atom. The van der Waals surface area contributed by atoms with E-state index in [0.717, 1.165) is 100 Å². The van der Waals surface area contributed by atoms with E-state index in [1.807, 2.05) is 12.1 Å². The summed E-state index contributed by atoms with van der Waals surface area (Å²) in [4.78, 5) is 4.76. The zero-order valence-corrected chi connectivity index (χ0v) is 45.2. The van der Waals surface area contributed by atoms with Gasteiger partial charge in [-0.3, -0.25) is 0 Å². The summed E-state index contributed by atoms with van der Waals surface area (Å²) < 4.78 is 18.4. The molecule has 0 aliphatic rings. The van der Waals surface area contributed by atoms with Gasteiger partial charge in [-0.2, -0.15) is 0 Å². The molecule has 0 aliphatic heterocycles. The fraction of sp³-hybridized carbons (Fsp3) is 0. The predicted octanol–water partition coefficient (Wildman–Crippen LogP) is 22.1. The second-order valence-corrected chi connectivity index (χ2v) is 22.3. The lowest BCUT2D eigenvalue weighted by atomic mass is 9.89. The van der Waals surface area contributed by atoms with Gasteiger partial charge < -0.3 is 27.4 Å². The van der Waals surface area contributed by atoms with E-state index in [1.165, 1.54) is 76.3 Å². The Kier molecular flexibility index (Phi) is 9.24. The normalized spacial score (nSPS) is 12.3. The highest BCUT2D eigenvalue weighted by Crippen LogP contribution is 2.55. The zero-order chi connectivity index (χ0) is 54.7. The number of rotatable bonds is 8. The third-order valence-corrected chi connectivity index (χ3v) is 17.9. The van der Waals surface area contributed by atoms with Crippen molar-refractivity contribution in [2.75, 3.05) is 9.80 Å². The van der Waals surface area contributed by atoms with Gasteiger partial charge in [0.15, 0.2) is 5.58 Å². The molecular weight excluding hydrogens is 1020 g/mol. The molecule has 6 heterocycles. The summed E-state index contributed by atoms with van der Waals surface area (Å²) in [6.07, 6.45) is 0. The van der Waals surface area contributed by atoms with Crippen molar-refractivity contribution in [2.45, 2.75) is 0 Å². The number of hydrogen-bond acceptors (Lipinski definition) is 4. The molecule has 13 aromatic carbocycles. The summed E-state index contributed by atoms with van der Waals surface area (Å²) in [6.45, 7) is 0. The molecular formula is C78H46N4O2. The van der Waals surface area contributed by atoms with Crippen molar-refractivity contribution in [3.63, 3.8) is 0 Å². The maximum absolute atomic E-state index is 6.80. The molecule has 0 bridgehead atoms. The zero-order valence-electron chi connectivity index (χ0n) is 45.2. The van der Waals surface area contributed by atoms with Gasteiger partial charge in [0.25, 0.3) is 0 Å². The molecule has 19 rings (SSSR count). The molecule has 6 heteroatoms. The molecule has 19 aromatic rings. The minimum absolute atomic E-state index is 0.851. The quantitative estimate of drug-likeness (QED) is 0.152. The van der Waals surface area contributed by atoms with Gasteiger partial charge in [0.1, 0.15) is 16.7 Å². The van der Waals surface area contributed by atoms with Gasteiger partial charge >= 0.3 is 0 Å². The Hall–Kier alpha value is -11.3. The number of fused-ring (bicyclic) bond motifs is 18. The van der Waals surface area contributed by atoms with Crippen LogP contribution in [0.2, 0.25) is 0 Å². The molecule has 0 unspecified atom stereocenters. The molecule has 0 spiro atoms. The van der Waals surface area contributed by atoms with Crippen LogP contribution in [-0.4, -0.2) is 8.80 Å². The van der Waals surface area contributed by atoms with E-state index in [1.54, 1.807) is 0 Å². The molecule has 84 heavy (non-hydrogen) atoms. The first-order chi connectivity index (χ1) is 41.7. The third kappa shape index (κ3) is 6.17. The molecule has 6 nitrogen and oxygen atoms in total. The van der Waals surface area contributed by atoms with Crippen LogP contribution in [0.1, 0.15) is 0 Å². The second kappa shape index (κ2) is 17.1. The number of hydrogen-bond donors (Lipinski definition) is 0. The van der Waals surface area contributed by atoms with Crippen LogP contribution >= 0.6 is 0 Å². The first-order valence-corrected chi connectivity index (χ1v) is 28.7. The van der Waals surface area contributed by atoms with Gasteiger partial charge in [-0.05, 0) is 96.1 Å². The van der Waals surface area contributed by atoms with Gasteiger partial charge in [-0.1, -0.05) is 194 Å². The SMILES string of the molecule is c1ccc(-c2c3c4cccc5c6ccc(N(c7ccccc7)c7cccc8c7oc7ccccc78)cc6n(c3c(-c3ccccc3)c3c6cccc7c8ccc(N(c9ccccc9)c9ccc%10oc%11ccccc%11c%10c9)cc8n(c23)c76)c54)cc1. The summed E-state index contributed by atoms with van der Waals surface area (Å²) in [5.41, 5.74) is 21.5. The smallest absolute Gasteiger partial charge is 0.159 e. The number of furan rings is 2. The summed E-state index contributed by atoms with van der Waals surface area (Å²) >= 11 is 0. The third-order valence-electron chi connectivity index (χ3n) is 17.9. The van der Waals surface area contributed by atoms with E-state index in [-0.39, 0.29) is 0 Å². The number of benzene rings is 13. The summed E-state index contributed by atoms with van der Waals surface area (Å²) in [5.74, 6) is 0. The van der Waals surface area contributed by atoms with Crippen LogP contribution in [0.3, 0.4) is 0 Å². The molecule has 0 radical (unpaired) electrons. The Balaban J connectivity index is 0.948. The second-order valence-electron chi connectivity index (χ2n) is 22.3. The number of para-hydroxylation sites is 7. The lowest BCUT2D eigenvalue weighted by Crippen LogP contribution is -2.10. The van der Waals surface area contributed by atoms with Crippen LogP contribution in [0.5, 0.6) is 0 Å². The molecule has 0 amide bonds. The standard InChI is InChI=1S/C78H46N4O2/c1-5-20-47(21-6-1)70-73-62-34-18-31-59-55-42-39-53(80(50-26-11-4-12-27-50)64-35-19-32-60-56-28-13-16-37-68(56)84-78(60)64)46-66(55)82(75(59)62)77(73)71(48-22-7-2-8-23-48)72-61-33-17-30-58-54-41-38-52(45-65(54)81(74(58)61)76(70)72)79(49-24-9-3-10-25-49)51-40-43-69-63(44-51)57-29-14-15-36-67(57)83-69/h1-46H. The average molecular weight is 1070 g/mol. The van der Waals surface area contributed by atoms with Crippen molar-refractivity contribution in [2.24, 2.45) is 0 Å². The van der Waals surface area contributed by atoms with Crippen LogP contribution in [0.4, 0.5) is 34.1 Å². The Labute approximate surface area is 480 Å². The first-order valence-electron chi connectivity index (χ1n) is 28.7. The molecule has 390 valence electrons. The number of anilines is 6. The summed E-state index contributed by atoms with van der Waals surface area (Å²) in [5, 5.41) is 14.1. The van der Waals surface area contributed by atoms with Crippen LogP contribution in [0.15, 0.2) is 288 Å². The highest BCUT2D eigenvalue weighted by atomic mass is 16.3. The highest BCUT2D eigenvalue weighted by Gasteiger charge is 2.32. The van der Waals surface area contributed by atoms with E-state index >= 15 is 0 Å². The predicted molar refractivity (Wildman–Crippen MR) is 351 cm³/mol. The fourth-order valence-corrected chi connectivity index (χ4v) is 14.5. The van der Waals surface area contributed by atoms with E-state index in [0.29, 0.717) is 0 Å². The van der Waals surface area contributed by atoms with E-state index in [2.05, 4.69) is 286 Å². The Morgan fingerprint density at radius 1 is 0.250 bits per heavy atom. The largest absolute Gasteiger partial charge is 0.456 e. The van der Waals surface area contributed by atoms with Crippen molar-refractivity contribution in [1.29, 1.82) is 0 Å². The molecule has 0 saturated heterocycles. The van der Waals surface area contributed by atoms with Crippen LogP contribution in [-0.2, 0) is 0 Å². The Morgan fingerprint density at radius 2 is 0.667 bits per heavy atom. The average Bonchev–Trinajstić information content (AvgIpc) is 1.57. The molecule has 0 atom stereocenters. The maximum atomic E-state index is 6.80. The number of nitrogens with zero attached hydrogens (tertiary/aromatic N) is 4. The van der Waals surface area contributed by atoms with Crippen LogP contribution < -0.4 is 9.80 Å².